The van der Waals surface area contributed by atoms with E-state index in [1.165, 1.54) is 0 Å². The van der Waals surface area contributed by atoms with Crippen molar-refractivity contribution in [3.63, 3.8) is 0 Å². The van der Waals surface area contributed by atoms with Gasteiger partial charge in [0.1, 0.15) is 12.4 Å². The topological polar surface area (TPSA) is 30.5 Å². The van der Waals surface area contributed by atoms with Gasteiger partial charge in [-0.25, -0.2) is 0 Å². The lowest BCUT2D eigenvalue weighted by Gasteiger charge is -2.18. The highest BCUT2D eigenvalue weighted by molar-refractivity contribution is 5.35. The van der Waals surface area contributed by atoms with Crippen molar-refractivity contribution in [1.29, 1.82) is 0 Å². The number of halogens is 3. The zero-order valence-corrected chi connectivity index (χ0v) is 11.7. The summed E-state index contributed by atoms with van der Waals surface area (Å²) in [5.41, 5.74) is 0.924. The fraction of sp³-hybridized carbons (Fsp3) is 0.571. The van der Waals surface area contributed by atoms with Gasteiger partial charge in [0, 0.05) is 11.6 Å². The summed E-state index contributed by atoms with van der Waals surface area (Å²) in [6, 6.07) is 7.38. The van der Waals surface area contributed by atoms with E-state index in [0.29, 0.717) is 5.75 Å². The second-order valence-corrected chi connectivity index (χ2v) is 4.36. The summed E-state index contributed by atoms with van der Waals surface area (Å²) >= 11 is 0. The standard InChI is InChI=1S/C14H20F3NO2/c1-3-8-18-11(2)12-6-4-5-7-13(12)19-9-10-20-14(15,16)17/h4-7,11,18H,3,8-10H2,1-2H3. The molecule has 1 unspecified atom stereocenters. The molecule has 3 nitrogen and oxygen atoms in total. The van der Waals surface area contributed by atoms with Crippen LogP contribution in [0.25, 0.3) is 0 Å². The fourth-order valence-corrected chi connectivity index (χ4v) is 1.75. The molecule has 0 saturated carbocycles. The number of hydrogen-bond donors (Lipinski definition) is 1. The number of rotatable bonds is 8. The predicted molar refractivity (Wildman–Crippen MR) is 70.7 cm³/mol. The van der Waals surface area contributed by atoms with Gasteiger partial charge >= 0.3 is 6.36 Å². The molecule has 0 aliphatic heterocycles. The quantitative estimate of drug-likeness (QED) is 0.741. The highest BCUT2D eigenvalue weighted by Crippen LogP contribution is 2.25. The van der Waals surface area contributed by atoms with E-state index in [0.717, 1.165) is 18.5 Å². The van der Waals surface area contributed by atoms with Gasteiger partial charge in [-0.2, -0.15) is 0 Å². The molecule has 0 bridgehead atoms. The molecule has 0 aliphatic rings. The minimum Gasteiger partial charge on any atom is -0.491 e. The van der Waals surface area contributed by atoms with Crippen LogP contribution in [0.5, 0.6) is 5.75 Å². The number of para-hydroxylation sites is 1. The van der Waals surface area contributed by atoms with Crippen LogP contribution in [0, 0.1) is 0 Å². The molecule has 1 rings (SSSR count). The fourth-order valence-electron chi connectivity index (χ4n) is 1.75. The van der Waals surface area contributed by atoms with Crippen molar-refractivity contribution in [3.8, 4) is 5.75 Å². The Morgan fingerprint density at radius 2 is 1.90 bits per heavy atom. The first kappa shape index (κ1) is 16.8. The van der Waals surface area contributed by atoms with Crippen LogP contribution < -0.4 is 10.1 Å². The van der Waals surface area contributed by atoms with E-state index in [1.54, 1.807) is 12.1 Å². The van der Waals surface area contributed by atoms with Crippen molar-refractivity contribution >= 4 is 0 Å². The molecule has 1 aromatic carbocycles. The van der Waals surface area contributed by atoms with Gasteiger partial charge in [0.2, 0.25) is 0 Å². The van der Waals surface area contributed by atoms with E-state index < -0.39 is 13.0 Å². The lowest BCUT2D eigenvalue weighted by atomic mass is 10.1. The van der Waals surface area contributed by atoms with E-state index in [2.05, 4.69) is 17.0 Å². The number of alkyl halides is 3. The van der Waals surface area contributed by atoms with Crippen LogP contribution in [0.3, 0.4) is 0 Å². The van der Waals surface area contributed by atoms with Gasteiger partial charge in [-0.1, -0.05) is 25.1 Å². The monoisotopic (exact) mass is 291 g/mol. The minimum absolute atomic E-state index is 0.0784. The van der Waals surface area contributed by atoms with E-state index in [4.69, 9.17) is 4.74 Å². The van der Waals surface area contributed by atoms with Crippen LogP contribution in [-0.2, 0) is 4.74 Å². The first-order valence-corrected chi connectivity index (χ1v) is 6.60. The van der Waals surface area contributed by atoms with Crippen LogP contribution in [0.2, 0.25) is 0 Å². The molecule has 1 atom stereocenters. The van der Waals surface area contributed by atoms with Crippen LogP contribution in [0.4, 0.5) is 13.2 Å². The number of benzene rings is 1. The molecule has 0 amide bonds. The van der Waals surface area contributed by atoms with Crippen LogP contribution in [0.1, 0.15) is 31.9 Å². The van der Waals surface area contributed by atoms with E-state index in [-0.39, 0.29) is 12.6 Å². The third-order valence-electron chi connectivity index (χ3n) is 2.69. The summed E-state index contributed by atoms with van der Waals surface area (Å²) in [5.74, 6) is 0.578. The molecule has 0 aliphatic carbocycles. The average Bonchev–Trinajstić information content (AvgIpc) is 2.40. The van der Waals surface area contributed by atoms with Crippen molar-refractivity contribution in [2.45, 2.75) is 32.7 Å². The average molecular weight is 291 g/mol. The van der Waals surface area contributed by atoms with E-state index in [1.807, 2.05) is 19.1 Å². The molecule has 0 aromatic heterocycles. The maximum absolute atomic E-state index is 11.8. The second-order valence-electron chi connectivity index (χ2n) is 4.36. The largest absolute Gasteiger partial charge is 0.522 e. The van der Waals surface area contributed by atoms with Crippen molar-refractivity contribution < 1.29 is 22.6 Å². The molecule has 0 spiro atoms. The lowest BCUT2D eigenvalue weighted by Crippen LogP contribution is -2.21. The molecule has 1 N–H and O–H groups in total. The molecule has 6 heteroatoms. The number of nitrogens with one attached hydrogen (secondary N) is 1. The molecule has 0 saturated heterocycles. The van der Waals surface area contributed by atoms with Gasteiger partial charge in [0.15, 0.2) is 0 Å². The Kier molecular flexibility index (Phi) is 6.81. The van der Waals surface area contributed by atoms with Gasteiger partial charge < -0.3 is 10.1 Å². The summed E-state index contributed by atoms with van der Waals surface area (Å²) in [5, 5.41) is 3.31. The van der Waals surface area contributed by atoms with Gasteiger partial charge in [0.25, 0.3) is 0 Å². The van der Waals surface area contributed by atoms with Crippen LogP contribution in [0.15, 0.2) is 24.3 Å². The Bertz CT molecular complexity index is 396. The summed E-state index contributed by atoms with van der Waals surface area (Å²) in [6.07, 6.45) is -3.61. The maximum Gasteiger partial charge on any atom is 0.522 e. The number of hydrogen-bond acceptors (Lipinski definition) is 3. The predicted octanol–water partition coefficient (Wildman–Crippen LogP) is 3.66. The summed E-state index contributed by atoms with van der Waals surface area (Å²) in [6.45, 7) is 4.26. The molecule has 20 heavy (non-hydrogen) atoms. The zero-order chi connectivity index (χ0) is 15.0. The number of ether oxygens (including phenoxy) is 2. The highest BCUT2D eigenvalue weighted by atomic mass is 19.4. The van der Waals surface area contributed by atoms with Gasteiger partial charge in [0.05, 0.1) is 6.61 Å². The Hall–Kier alpha value is -1.27. The minimum atomic E-state index is -4.61. The smallest absolute Gasteiger partial charge is 0.491 e. The lowest BCUT2D eigenvalue weighted by molar-refractivity contribution is -0.325. The van der Waals surface area contributed by atoms with Crippen LogP contribution in [-0.4, -0.2) is 26.1 Å². The van der Waals surface area contributed by atoms with Crippen molar-refractivity contribution in [2.75, 3.05) is 19.8 Å². The molecule has 114 valence electrons. The Morgan fingerprint density at radius 3 is 2.55 bits per heavy atom. The highest BCUT2D eigenvalue weighted by Gasteiger charge is 2.28. The molecular formula is C14H20F3NO2. The third kappa shape index (κ3) is 6.25. The van der Waals surface area contributed by atoms with Gasteiger partial charge in [-0.3, -0.25) is 4.74 Å². The second kappa shape index (κ2) is 8.11. The molecular weight excluding hydrogens is 271 g/mol. The Morgan fingerprint density at radius 1 is 1.20 bits per heavy atom. The first-order valence-electron chi connectivity index (χ1n) is 6.60. The summed E-state index contributed by atoms with van der Waals surface area (Å²) in [4.78, 5) is 0. The molecule has 1 aromatic rings. The van der Waals surface area contributed by atoms with Crippen molar-refractivity contribution in [1.82, 2.24) is 5.32 Å². The van der Waals surface area contributed by atoms with Gasteiger partial charge in [-0.15, -0.1) is 13.2 Å². The maximum atomic E-state index is 11.8. The van der Waals surface area contributed by atoms with E-state index in [9.17, 15) is 13.2 Å². The van der Waals surface area contributed by atoms with Gasteiger partial charge in [-0.05, 0) is 26.0 Å². The Balaban J connectivity index is 2.52. The molecule has 0 heterocycles. The summed E-state index contributed by atoms with van der Waals surface area (Å²) in [7, 11) is 0. The van der Waals surface area contributed by atoms with Crippen LogP contribution >= 0.6 is 0 Å². The Labute approximate surface area is 117 Å². The molecule has 0 fully saturated rings. The molecule has 0 radical (unpaired) electrons. The third-order valence-corrected chi connectivity index (χ3v) is 2.69. The van der Waals surface area contributed by atoms with E-state index >= 15 is 0 Å². The normalized spacial score (nSPS) is 13.2. The first-order chi connectivity index (χ1) is 9.44. The summed E-state index contributed by atoms with van der Waals surface area (Å²) < 4.78 is 44.6. The van der Waals surface area contributed by atoms with Crippen molar-refractivity contribution in [3.05, 3.63) is 29.8 Å². The zero-order valence-electron chi connectivity index (χ0n) is 11.7. The SMILES string of the molecule is CCCNC(C)c1ccccc1OCCOC(F)(F)F. The van der Waals surface area contributed by atoms with Crippen molar-refractivity contribution in [2.24, 2.45) is 0 Å².